The molecule has 3 rings (SSSR count). The van der Waals surface area contributed by atoms with Crippen molar-refractivity contribution < 1.29 is 23.8 Å². The molecule has 0 saturated carbocycles. The molecular formula is C19H18N2O5. The first-order valence-electron chi connectivity index (χ1n) is 7.89. The second-order valence-electron chi connectivity index (χ2n) is 5.66. The van der Waals surface area contributed by atoms with Gasteiger partial charge >= 0.3 is 5.97 Å². The van der Waals surface area contributed by atoms with E-state index in [9.17, 15) is 9.59 Å². The Hall–Kier alpha value is -3.35. The summed E-state index contributed by atoms with van der Waals surface area (Å²) in [6, 6.07) is 8.60. The molecule has 0 aliphatic rings. The zero-order valence-electron chi connectivity index (χ0n) is 14.7. The highest BCUT2D eigenvalue weighted by Gasteiger charge is 2.18. The summed E-state index contributed by atoms with van der Waals surface area (Å²) in [5, 5.41) is 0. The maximum atomic E-state index is 12.4. The standard InChI is InChI=1S/C19H18N2O5/c1-12-6-7-21-10-15(20-18(21)8-12)19(23)26-11-16(22)14-9-13(24-2)4-5-17(14)25-3/h4-10H,11H2,1-3H3. The van der Waals surface area contributed by atoms with Crippen molar-refractivity contribution >= 4 is 17.4 Å². The van der Waals surface area contributed by atoms with Crippen LogP contribution < -0.4 is 9.47 Å². The Morgan fingerprint density at radius 3 is 2.65 bits per heavy atom. The van der Waals surface area contributed by atoms with Crippen LogP contribution in [0.5, 0.6) is 11.5 Å². The van der Waals surface area contributed by atoms with Crippen molar-refractivity contribution in [1.82, 2.24) is 9.38 Å². The largest absolute Gasteiger partial charge is 0.497 e. The molecule has 1 aromatic carbocycles. The van der Waals surface area contributed by atoms with Crippen LogP contribution in [0.25, 0.3) is 5.65 Å². The predicted octanol–water partition coefficient (Wildman–Crippen LogP) is 2.70. The first-order chi connectivity index (χ1) is 12.5. The number of methoxy groups -OCH3 is 2. The number of hydrogen-bond acceptors (Lipinski definition) is 6. The summed E-state index contributed by atoms with van der Waals surface area (Å²) in [7, 11) is 2.96. The summed E-state index contributed by atoms with van der Waals surface area (Å²) < 4.78 is 17.1. The molecule has 7 heteroatoms. The number of rotatable bonds is 6. The maximum Gasteiger partial charge on any atom is 0.359 e. The molecular weight excluding hydrogens is 336 g/mol. The summed E-state index contributed by atoms with van der Waals surface area (Å²) in [4.78, 5) is 28.8. The Morgan fingerprint density at radius 2 is 1.92 bits per heavy atom. The highest BCUT2D eigenvalue weighted by Crippen LogP contribution is 2.24. The van der Waals surface area contributed by atoms with E-state index in [2.05, 4.69) is 4.98 Å². The van der Waals surface area contributed by atoms with Gasteiger partial charge in [0.25, 0.3) is 0 Å². The lowest BCUT2D eigenvalue weighted by atomic mass is 10.1. The number of imidazole rings is 1. The van der Waals surface area contributed by atoms with Gasteiger partial charge in [0, 0.05) is 12.4 Å². The first kappa shape index (κ1) is 17.5. The van der Waals surface area contributed by atoms with Gasteiger partial charge in [-0.15, -0.1) is 0 Å². The molecule has 2 heterocycles. The molecule has 0 atom stereocenters. The third kappa shape index (κ3) is 3.51. The molecule has 0 aliphatic carbocycles. The lowest BCUT2D eigenvalue weighted by molar-refractivity contribution is 0.0468. The number of Topliss-reactive ketones (excluding diaryl/α,β-unsaturated/α-hetero) is 1. The van der Waals surface area contributed by atoms with Crippen LogP contribution in [0.3, 0.4) is 0 Å². The number of aromatic nitrogens is 2. The number of nitrogens with zero attached hydrogens (tertiary/aromatic N) is 2. The minimum atomic E-state index is -0.665. The van der Waals surface area contributed by atoms with E-state index in [1.807, 2.05) is 19.1 Å². The van der Waals surface area contributed by atoms with Crippen molar-refractivity contribution in [3.63, 3.8) is 0 Å². The molecule has 134 valence electrons. The molecule has 0 aliphatic heterocycles. The highest BCUT2D eigenvalue weighted by molar-refractivity contribution is 6.01. The van der Waals surface area contributed by atoms with Crippen molar-refractivity contribution in [3.05, 3.63) is 59.5 Å². The Labute approximate surface area is 150 Å². The zero-order chi connectivity index (χ0) is 18.7. The summed E-state index contributed by atoms with van der Waals surface area (Å²) in [5.41, 5.74) is 2.09. The van der Waals surface area contributed by atoms with E-state index in [1.54, 1.807) is 35.0 Å². The van der Waals surface area contributed by atoms with E-state index in [4.69, 9.17) is 14.2 Å². The van der Waals surface area contributed by atoms with Crippen LogP contribution in [-0.4, -0.2) is 42.0 Å². The fourth-order valence-electron chi connectivity index (χ4n) is 2.50. The van der Waals surface area contributed by atoms with Gasteiger partial charge in [-0.2, -0.15) is 0 Å². The molecule has 0 radical (unpaired) electrons. The highest BCUT2D eigenvalue weighted by atomic mass is 16.5. The number of ketones is 1. The smallest absolute Gasteiger partial charge is 0.359 e. The van der Waals surface area contributed by atoms with Gasteiger partial charge in [-0.3, -0.25) is 4.79 Å². The lowest BCUT2D eigenvalue weighted by Crippen LogP contribution is -2.15. The molecule has 0 amide bonds. The van der Waals surface area contributed by atoms with Crippen molar-refractivity contribution in [2.75, 3.05) is 20.8 Å². The molecule has 0 bridgehead atoms. The third-order valence-electron chi connectivity index (χ3n) is 3.87. The topological polar surface area (TPSA) is 79.1 Å². The molecule has 26 heavy (non-hydrogen) atoms. The molecule has 0 saturated heterocycles. The minimum absolute atomic E-state index is 0.140. The number of carbonyl (C=O) groups is 2. The quantitative estimate of drug-likeness (QED) is 0.500. The van der Waals surface area contributed by atoms with Crippen LogP contribution in [0.2, 0.25) is 0 Å². The number of benzene rings is 1. The maximum absolute atomic E-state index is 12.4. The van der Waals surface area contributed by atoms with Gasteiger partial charge in [-0.25, -0.2) is 9.78 Å². The Bertz CT molecular complexity index is 977. The van der Waals surface area contributed by atoms with Gasteiger partial charge in [0.2, 0.25) is 5.78 Å². The summed E-state index contributed by atoms with van der Waals surface area (Å²) >= 11 is 0. The summed E-state index contributed by atoms with van der Waals surface area (Å²) in [6.07, 6.45) is 3.37. The van der Waals surface area contributed by atoms with Crippen LogP contribution in [0.4, 0.5) is 0 Å². The normalized spacial score (nSPS) is 10.6. The molecule has 2 aromatic heterocycles. The fraction of sp³-hybridized carbons (Fsp3) is 0.211. The van der Waals surface area contributed by atoms with Crippen molar-refractivity contribution in [2.45, 2.75) is 6.92 Å². The molecule has 7 nitrogen and oxygen atoms in total. The average molecular weight is 354 g/mol. The van der Waals surface area contributed by atoms with E-state index >= 15 is 0 Å². The Morgan fingerprint density at radius 1 is 1.12 bits per heavy atom. The number of hydrogen-bond donors (Lipinski definition) is 0. The molecule has 0 unspecified atom stereocenters. The number of pyridine rings is 1. The SMILES string of the molecule is COc1ccc(OC)c(C(=O)COC(=O)c2cn3ccc(C)cc3n2)c1. The predicted molar refractivity (Wildman–Crippen MR) is 94.1 cm³/mol. The van der Waals surface area contributed by atoms with Gasteiger partial charge in [-0.05, 0) is 42.8 Å². The second-order valence-corrected chi connectivity index (χ2v) is 5.66. The minimum Gasteiger partial charge on any atom is -0.497 e. The molecule has 0 N–H and O–H groups in total. The third-order valence-corrected chi connectivity index (χ3v) is 3.87. The van der Waals surface area contributed by atoms with Crippen LogP contribution >= 0.6 is 0 Å². The average Bonchev–Trinajstić information content (AvgIpc) is 3.08. The van der Waals surface area contributed by atoms with Gasteiger partial charge < -0.3 is 18.6 Å². The van der Waals surface area contributed by atoms with E-state index in [1.165, 1.54) is 14.2 Å². The second kappa shape index (κ2) is 7.26. The van der Waals surface area contributed by atoms with Gasteiger partial charge in [0.15, 0.2) is 12.3 Å². The van der Waals surface area contributed by atoms with Crippen molar-refractivity contribution in [2.24, 2.45) is 0 Å². The van der Waals surface area contributed by atoms with E-state index < -0.39 is 18.4 Å². The fourth-order valence-corrected chi connectivity index (χ4v) is 2.50. The van der Waals surface area contributed by atoms with Crippen molar-refractivity contribution in [1.29, 1.82) is 0 Å². The Balaban J connectivity index is 1.73. The van der Waals surface area contributed by atoms with E-state index in [0.29, 0.717) is 17.1 Å². The zero-order valence-corrected chi connectivity index (χ0v) is 14.7. The monoisotopic (exact) mass is 354 g/mol. The number of fused-ring (bicyclic) bond motifs is 1. The van der Waals surface area contributed by atoms with E-state index in [-0.39, 0.29) is 11.3 Å². The number of ether oxygens (including phenoxy) is 3. The molecule has 3 aromatic rings. The summed E-state index contributed by atoms with van der Waals surface area (Å²) in [5.74, 6) is -0.165. The van der Waals surface area contributed by atoms with Gasteiger partial charge in [-0.1, -0.05) is 0 Å². The van der Waals surface area contributed by atoms with Crippen LogP contribution in [0.15, 0.2) is 42.7 Å². The Kier molecular flexibility index (Phi) is 4.88. The van der Waals surface area contributed by atoms with Crippen LogP contribution in [0, 0.1) is 6.92 Å². The molecule has 0 fully saturated rings. The molecule has 0 spiro atoms. The number of esters is 1. The number of carbonyl (C=O) groups excluding carboxylic acids is 2. The van der Waals surface area contributed by atoms with Crippen LogP contribution in [-0.2, 0) is 4.74 Å². The van der Waals surface area contributed by atoms with Crippen molar-refractivity contribution in [3.8, 4) is 11.5 Å². The first-order valence-corrected chi connectivity index (χ1v) is 7.89. The lowest BCUT2D eigenvalue weighted by Gasteiger charge is -2.09. The van der Waals surface area contributed by atoms with Gasteiger partial charge in [0.1, 0.15) is 17.1 Å². The van der Waals surface area contributed by atoms with Crippen LogP contribution in [0.1, 0.15) is 26.4 Å². The summed E-state index contributed by atoms with van der Waals surface area (Å²) in [6.45, 7) is 1.52. The van der Waals surface area contributed by atoms with Gasteiger partial charge in [0.05, 0.1) is 19.8 Å². The number of aryl methyl sites for hydroxylation is 1. The van der Waals surface area contributed by atoms with E-state index in [0.717, 1.165) is 5.56 Å².